The van der Waals surface area contributed by atoms with Crippen molar-refractivity contribution in [2.24, 2.45) is 0 Å². The summed E-state index contributed by atoms with van der Waals surface area (Å²) in [5.74, 6) is -1.27. The fraction of sp³-hybridized carbons (Fsp3) is 0.778. The number of nitrogens with one attached hydrogen (secondary N) is 1. The summed E-state index contributed by atoms with van der Waals surface area (Å²) in [6.07, 6.45) is 3.34. The molecule has 0 aromatic heterocycles. The molecule has 0 fully saturated rings. The first-order valence-corrected chi connectivity index (χ1v) is 6.91. The molecule has 0 rings (SSSR count). The van der Waals surface area contributed by atoms with Crippen LogP contribution in [0.1, 0.15) is 39.0 Å². The van der Waals surface area contributed by atoms with Crippen LogP contribution in [-0.4, -0.2) is 32.5 Å². The molecule has 0 bridgehead atoms. The van der Waals surface area contributed by atoms with E-state index in [9.17, 15) is 14.6 Å². The van der Waals surface area contributed by atoms with Crippen LogP contribution >= 0.6 is 7.72 Å². The van der Waals surface area contributed by atoms with Gasteiger partial charge in [-0.1, -0.05) is 26.2 Å². The molecule has 0 amide bonds. The molecule has 0 aromatic rings. The molecular formula is C9H19NO4P+. The van der Waals surface area contributed by atoms with Gasteiger partial charge in [0, 0.05) is 6.42 Å². The van der Waals surface area contributed by atoms with E-state index >= 15 is 0 Å². The largest absolute Gasteiger partial charge is 0.478 e. The second-order valence-electron chi connectivity index (χ2n) is 3.54. The van der Waals surface area contributed by atoms with Crippen LogP contribution in [-0.2, 0) is 4.79 Å². The zero-order chi connectivity index (χ0) is 11.9. The summed E-state index contributed by atoms with van der Waals surface area (Å²) in [6.45, 7) is 2.06. The first-order chi connectivity index (χ1) is 6.90. The van der Waals surface area contributed by atoms with Crippen LogP contribution in [0.2, 0.25) is 0 Å². The van der Waals surface area contributed by atoms with Crippen molar-refractivity contribution in [3.8, 4) is 0 Å². The van der Waals surface area contributed by atoms with Crippen molar-refractivity contribution in [2.45, 2.75) is 39.0 Å². The van der Waals surface area contributed by atoms with E-state index in [1.165, 1.54) is 0 Å². The molecule has 0 radical (unpaired) electrons. The van der Waals surface area contributed by atoms with Gasteiger partial charge in [0.15, 0.2) is 0 Å². The van der Waals surface area contributed by atoms with Crippen molar-refractivity contribution >= 4 is 19.1 Å². The Morgan fingerprint density at radius 3 is 2.33 bits per heavy atom. The Labute approximate surface area is 90.1 Å². The summed E-state index contributed by atoms with van der Waals surface area (Å²) in [4.78, 5) is 29.0. The Hall–Kier alpha value is -0.510. The molecule has 4 N–H and O–H groups in total. The third kappa shape index (κ3) is 6.55. The van der Waals surface area contributed by atoms with Gasteiger partial charge in [-0.2, -0.15) is 0 Å². The monoisotopic (exact) mass is 236 g/mol. The second kappa shape index (κ2) is 6.88. The molecular weight excluding hydrogens is 217 g/mol. The van der Waals surface area contributed by atoms with Gasteiger partial charge in [0.2, 0.25) is 11.6 Å². The topological polar surface area (TPSA) is 102 Å². The summed E-state index contributed by atoms with van der Waals surface area (Å²) in [7, 11) is -3.65. The minimum absolute atomic E-state index is 0.207. The number of rotatable bonds is 8. The third-order valence-corrected chi connectivity index (χ3v) is 3.85. The van der Waals surface area contributed by atoms with Crippen LogP contribution in [0.15, 0.2) is 0 Å². The lowest BCUT2D eigenvalue weighted by Gasteiger charge is -2.10. The number of carbonyl (C=O) groups is 1. The highest BCUT2D eigenvalue weighted by molar-refractivity contribution is 7.82. The van der Waals surface area contributed by atoms with Crippen LogP contribution in [0.5, 0.6) is 0 Å². The lowest BCUT2D eigenvalue weighted by molar-refractivity contribution is -0.134. The molecule has 0 spiro atoms. The molecule has 0 aliphatic heterocycles. The van der Waals surface area contributed by atoms with Gasteiger partial charge >= 0.3 is 13.7 Å². The zero-order valence-corrected chi connectivity index (χ0v) is 9.83. The van der Waals surface area contributed by atoms with Gasteiger partial charge < -0.3 is 5.11 Å². The summed E-state index contributed by atoms with van der Waals surface area (Å²) >= 11 is 0. The average Bonchev–Trinajstić information content (AvgIpc) is 2.10. The number of carboxylic acid groups (broad SMARTS) is 1. The number of carboxylic acids is 1. The highest BCUT2D eigenvalue weighted by atomic mass is 31.2. The van der Waals surface area contributed by atoms with Gasteiger partial charge in [0.1, 0.15) is 0 Å². The summed E-state index contributed by atoms with van der Waals surface area (Å²) in [6, 6.07) is 0. The Morgan fingerprint density at radius 2 is 1.87 bits per heavy atom. The van der Waals surface area contributed by atoms with E-state index < -0.39 is 19.8 Å². The first-order valence-electron chi connectivity index (χ1n) is 5.03. The third-order valence-electron chi connectivity index (χ3n) is 2.06. The van der Waals surface area contributed by atoms with Crippen LogP contribution in [0.4, 0.5) is 0 Å². The number of hydrogen-bond donors (Lipinski definition) is 4. The predicted molar refractivity (Wildman–Crippen MR) is 60.3 cm³/mol. The summed E-state index contributed by atoms with van der Waals surface area (Å²) < 4.78 is 0. The molecule has 0 saturated heterocycles. The highest BCUT2D eigenvalue weighted by Gasteiger charge is 2.42. The molecule has 0 aromatic carbocycles. The van der Waals surface area contributed by atoms with Gasteiger partial charge in [-0.25, -0.2) is 14.6 Å². The molecule has 0 atom stereocenters. The second-order valence-corrected chi connectivity index (χ2v) is 5.86. The Morgan fingerprint density at radius 1 is 1.27 bits per heavy atom. The van der Waals surface area contributed by atoms with E-state index in [1.807, 2.05) is 0 Å². The van der Waals surface area contributed by atoms with Gasteiger partial charge in [0.05, 0.1) is 0 Å². The lowest BCUT2D eigenvalue weighted by atomic mass is 10.2. The van der Waals surface area contributed by atoms with E-state index in [2.05, 4.69) is 6.92 Å². The van der Waals surface area contributed by atoms with E-state index in [0.29, 0.717) is 0 Å². The Balaban J connectivity index is 3.91. The SMILES string of the molecule is CCCCCCC(=N)[P+](O)(O)CC(=O)O. The maximum Gasteiger partial charge on any atom is 0.347 e. The normalized spacial score (nSPS) is 11.4. The van der Waals surface area contributed by atoms with E-state index in [-0.39, 0.29) is 11.9 Å². The molecule has 5 nitrogen and oxygen atoms in total. The number of aliphatic carboxylic acids is 1. The van der Waals surface area contributed by atoms with Crippen LogP contribution < -0.4 is 0 Å². The molecule has 0 unspecified atom stereocenters. The van der Waals surface area contributed by atoms with Gasteiger partial charge in [-0.15, -0.1) is 0 Å². The van der Waals surface area contributed by atoms with Gasteiger partial charge in [-0.3, -0.25) is 5.41 Å². The maximum absolute atomic E-state index is 10.3. The molecule has 0 heterocycles. The molecule has 0 aliphatic carbocycles. The van der Waals surface area contributed by atoms with Crippen molar-refractivity contribution < 1.29 is 19.7 Å². The number of hydrogen-bond acceptors (Lipinski definition) is 4. The van der Waals surface area contributed by atoms with E-state index in [1.54, 1.807) is 0 Å². The van der Waals surface area contributed by atoms with Gasteiger partial charge in [-0.05, 0) is 6.42 Å². The van der Waals surface area contributed by atoms with E-state index in [4.69, 9.17) is 10.5 Å². The van der Waals surface area contributed by atoms with Crippen molar-refractivity contribution in [1.82, 2.24) is 0 Å². The molecule has 6 heteroatoms. The standard InChI is InChI=1S/C9H18NO4P/c1-2-3-4-5-6-8(10)15(13,14)7-9(11)12/h10,13-14H,2-7H2,1H3/p+1. The highest BCUT2D eigenvalue weighted by Crippen LogP contribution is 2.51. The average molecular weight is 236 g/mol. The molecule has 0 aliphatic rings. The Bertz CT molecular complexity index is 230. The Kier molecular flexibility index (Phi) is 6.65. The van der Waals surface area contributed by atoms with Crippen LogP contribution in [0.3, 0.4) is 0 Å². The zero-order valence-electron chi connectivity index (χ0n) is 8.94. The van der Waals surface area contributed by atoms with Crippen molar-refractivity contribution in [3.05, 3.63) is 0 Å². The number of unbranched alkanes of at least 4 members (excludes halogenated alkanes) is 3. The van der Waals surface area contributed by atoms with Crippen molar-refractivity contribution in [3.63, 3.8) is 0 Å². The quantitative estimate of drug-likeness (QED) is 0.293. The fourth-order valence-electron chi connectivity index (χ4n) is 1.18. The van der Waals surface area contributed by atoms with E-state index in [0.717, 1.165) is 25.7 Å². The van der Waals surface area contributed by atoms with Crippen LogP contribution in [0, 0.1) is 5.41 Å². The predicted octanol–water partition coefficient (Wildman–Crippen LogP) is 1.85. The van der Waals surface area contributed by atoms with Crippen LogP contribution in [0.25, 0.3) is 0 Å². The summed E-state index contributed by atoms with van der Waals surface area (Å²) in [5, 5.41) is 15.8. The smallest absolute Gasteiger partial charge is 0.347 e. The lowest BCUT2D eigenvalue weighted by Crippen LogP contribution is -2.14. The van der Waals surface area contributed by atoms with Crippen molar-refractivity contribution in [2.75, 3.05) is 6.16 Å². The summed E-state index contributed by atoms with van der Waals surface area (Å²) in [5.41, 5.74) is -0.207. The fourth-order valence-corrected chi connectivity index (χ4v) is 2.27. The maximum atomic E-state index is 10.3. The minimum Gasteiger partial charge on any atom is -0.478 e. The van der Waals surface area contributed by atoms with Crippen molar-refractivity contribution in [1.29, 1.82) is 5.41 Å². The minimum atomic E-state index is -3.65. The molecule has 15 heavy (non-hydrogen) atoms. The molecule has 88 valence electrons. The van der Waals surface area contributed by atoms with Gasteiger partial charge in [0.25, 0.3) is 0 Å². The first kappa shape index (κ1) is 14.5. The molecule has 0 saturated carbocycles.